The lowest BCUT2D eigenvalue weighted by atomic mass is 10.2. The molecule has 0 saturated carbocycles. The van der Waals surface area contributed by atoms with Gasteiger partial charge in [0.05, 0.1) is 6.33 Å². The average Bonchev–Trinajstić information content (AvgIpc) is 3.34. The molecule has 0 atom stereocenters. The van der Waals surface area contributed by atoms with E-state index >= 15 is 0 Å². The lowest BCUT2D eigenvalue weighted by Crippen LogP contribution is -2.43. The van der Waals surface area contributed by atoms with E-state index in [1.807, 2.05) is 12.1 Å². The third kappa shape index (κ3) is 4.81. The van der Waals surface area contributed by atoms with Crippen LogP contribution in [0.3, 0.4) is 0 Å². The van der Waals surface area contributed by atoms with E-state index < -0.39 is 0 Å². The Morgan fingerprint density at radius 1 is 1.09 bits per heavy atom. The first-order valence-electron chi connectivity index (χ1n) is 10.9. The fourth-order valence-electron chi connectivity index (χ4n) is 3.69. The number of ether oxygens (including phenoxy) is 1. The van der Waals surface area contributed by atoms with Gasteiger partial charge in [0.15, 0.2) is 5.65 Å². The Kier molecular flexibility index (Phi) is 6.04. The summed E-state index contributed by atoms with van der Waals surface area (Å²) in [6.45, 7) is 7.43. The number of piperazine rings is 1. The molecule has 2 aromatic heterocycles. The number of imidazole rings is 1. The summed E-state index contributed by atoms with van der Waals surface area (Å²) >= 11 is 0. The molecule has 1 aliphatic rings. The molecule has 10 nitrogen and oxygen atoms in total. The predicted molar refractivity (Wildman–Crippen MR) is 132 cm³/mol. The second-order valence-corrected chi connectivity index (χ2v) is 7.69. The first-order chi connectivity index (χ1) is 16.7. The first kappa shape index (κ1) is 21.4. The number of fused-ring (bicyclic) bond motifs is 1. The molecule has 0 radical (unpaired) electrons. The highest BCUT2D eigenvalue weighted by Crippen LogP contribution is 2.29. The van der Waals surface area contributed by atoms with Crippen LogP contribution in [0.25, 0.3) is 11.2 Å². The summed E-state index contributed by atoms with van der Waals surface area (Å²) in [5.74, 6) is 0.877. The SMILES string of the molecule is C=CC(=O)Nc1cccc(Oc2nc(Nc3ccc(N4CCNCC4)cc3)nc3nc[nH]c23)c1. The number of aromatic nitrogens is 4. The molecule has 4 aromatic rings. The number of hydrogen-bond acceptors (Lipinski definition) is 8. The number of anilines is 4. The summed E-state index contributed by atoms with van der Waals surface area (Å²) in [5, 5.41) is 9.31. The molecule has 0 spiro atoms. The maximum Gasteiger partial charge on any atom is 0.250 e. The minimum atomic E-state index is -0.301. The van der Waals surface area contributed by atoms with Gasteiger partial charge in [0.2, 0.25) is 11.9 Å². The molecule has 1 saturated heterocycles. The van der Waals surface area contributed by atoms with Crippen molar-refractivity contribution in [3.05, 3.63) is 67.5 Å². The highest BCUT2D eigenvalue weighted by molar-refractivity contribution is 5.99. The molecule has 3 heterocycles. The number of nitrogens with zero attached hydrogens (tertiary/aromatic N) is 4. The molecule has 0 unspecified atom stereocenters. The molecular formula is C24H24N8O2. The van der Waals surface area contributed by atoms with Crippen LogP contribution in [0.15, 0.2) is 67.5 Å². The number of rotatable bonds is 7. The zero-order valence-electron chi connectivity index (χ0n) is 18.4. The van der Waals surface area contributed by atoms with Crippen LogP contribution in [0.1, 0.15) is 0 Å². The molecular weight excluding hydrogens is 432 g/mol. The van der Waals surface area contributed by atoms with E-state index in [0.29, 0.717) is 34.4 Å². The molecule has 2 aromatic carbocycles. The second kappa shape index (κ2) is 9.59. The van der Waals surface area contributed by atoms with Crippen molar-refractivity contribution in [3.63, 3.8) is 0 Å². The molecule has 0 bridgehead atoms. The number of amides is 1. The Morgan fingerprint density at radius 2 is 1.91 bits per heavy atom. The van der Waals surface area contributed by atoms with Crippen LogP contribution in [-0.2, 0) is 4.79 Å². The van der Waals surface area contributed by atoms with E-state index in [1.54, 1.807) is 30.6 Å². The van der Waals surface area contributed by atoms with E-state index in [4.69, 9.17) is 4.74 Å². The standard InChI is InChI=1S/C24H24N8O2/c1-2-20(33)28-17-4-3-5-19(14-17)34-23-21-22(27-15-26-21)30-24(31-23)29-16-6-8-18(9-7-16)32-12-10-25-11-13-32/h2-9,14-15,25H,1,10-13H2,(H,28,33)(H2,26,27,29,30,31). The smallest absolute Gasteiger partial charge is 0.250 e. The zero-order valence-corrected chi connectivity index (χ0v) is 18.4. The summed E-state index contributed by atoms with van der Waals surface area (Å²) < 4.78 is 6.03. The van der Waals surface area contributed by atoms with Crippen LogP contribution < -0.4 is 25.6 Å². The van der Waals surface area contributed by atoms with Crippen LogP contribution >= 0.6 is 0 Å². The fraction of sp³-hybridized carbons (Fsp3) is 0.167. The molecule has 1 aliphatic heterocycles. The number of benzene rings is 2. The van der Waals surface area contributed by atoms with Crippen molar-refractivity contribution >= 4 is 40.1 Å². The third-order valence-electron chi connectivity index (χ3n) is 5.36. The lowest BCUT2D eigenvalue weighted by Gasteiger charge is -2.29. The van der Waals surface area contributed by atoms with Gasteiger partial charge < -0.3 is 30.6 Å². The van der Waals surface area contributed by atoms with Gasteiger partial charge in [-0.3, -0.25) is 4.79 Å². The summed E-state index contributed by atoms with van der Waals surface area (Å²) in [6.07, 6.45) is 2.75. The first-order valence-corrected chi connectivity index (χ1v) is 10.9. The summed E-state index contributed by atoms with van der Waals surface area (Å²) in [4.78, 5) is 30.3. The zero-order chi connectivity index (χ0) is 23.3. The van der Waals surface area contributed by atoms with Gasteiger partial charge in [-0.25, -0.2) is 4.98 Å². The topological polar surface area (TPSA) is 120 Å². The molecule has 172 valence electrons. The minimum Gasteiger partial charge on any atom is -0.437 e. The molecule has 5 rings (SSSR count). The van der Waals surface area contributed by atoms with Crippen molar-refractivity contribution in [2.24, 2.45) is 0 Å². The van der Waals surface area contributed by atoms with Crippen LogP contribution in [-0.4, -0.2) is 52.0 Å². The van der Waals surface area contributed by atoms with Gasteiger partial charge in [0, 0.05) is 49.3 Å². The fourth-order valence-corrected chi connectivity index (χ4v) is 3.69. The van der Waals surface area contributed by atoms with E-state index in [0.717, 1.165) is 31.9 Å². The third-order valence-corrected chi connectivity index (χ3v) is 5.36. The highest BCUT2D eigenvalue weighted by Gasteiger charge is 2.14. The van der Waals surface area contributed by atoms with Crippen LogP contribution in [0, 0.1) is 0 Å². The molecule has 4 N–H and O–H groups in total. The average molecular weight is 457 g/mol. The number of nitrogens with one attached hydrogen (secondary N) is 4. The van der Waals surface area contributed by atoms with Gasteiger partial charge in [0.1, 0.15) is 11.3 Å². The van der Waals surface area contributed by atoms with Crippen molar-refractivity contribution in [1.82, 2.24) is 25.3 Å². The van der Waals surface area contributed by atoms with Gasteiger partial charge in [-0.05, 0) is 42.5 Å². The maximum absolute atomic E-state index is 11.6. The molecule has 0 aliphatic carbocycles. The lowest BCUT2D eigenvalue weighted by molar-refractivity contribution is -0.111. The van der Waals surface area contributed by atoms with Crippen LogP contribution in [0.2, 0.25) is 0 Å². The minimum absolute atomic E-state index is 0.301. The second-order valence-electron chi connectivity index (χ2n) is 7.69. The Bertz CT molecular complexity index is 1310. The number of aromatic amines is 1. The van der Waals surface area contributed by atoms with Crippen molar-refractivity contribution in [1.29, 1.82) is 0 Å². The van der Waals surface area contributed by atoms with Gasteiger partial charge >= 0.3 is 0 Å². The summed E-state index contributed by atoms with van der Waals surface area (Å²) in [7, 11) is 0. The van der Waals surface area contributed by atoms with E-state index in [9.17, 15) is 4.79 Å². The van der Waals surface area contributed by atoms with Gasteiger partial charge in [-0.1, -0.05) is 12.6 Å². The van der Waals surface area contributed by atoms with Gasteiger partial charge in [-0.15, -0.1) is 0 Å². The Morgan fingerprint density at radius 3 is 2.71 bits per heavy atom. The van der Waals surface area contributed by atoms with Gasteiger partial charge in [0.25, 0.3) is 5.88 Å². The Labute approximate surface area is 196 Å². The molecule has 1 amide bonds. The van der Waals surface area contributed by atoms with Crippen molar-refractivity contribution in [3.8, 4) is 11.6 Å². The summed E-state index contributed by atoms with van der Waals surface area (Å²) in [6, 6.07) is 15.2. The highest BCUT2D eigenvalue weighted by atomic mass is 16.5. The Balaban J connectivity index is 1.36. The normalized spacial score (nSPS) is 13.5. The van der Waals surface area contributed by atoms with E-state index in [-0.39, 0.29) is 5.91 Å². The van der Waals surface area contributed by atoms with Crippen LogP contribution in [0.5, 0.6) is 11.6 Å². The van der Waals surface area contributed by atoms with Crippen molar-refractivity contribution in [2.75, 3.05) is 41.7 Å². The number of hydrogen-bond donors (Lipinski definition) is 4. The monoisotopic (exact) mass is 456 g/mol. The maximum atomic E-state index is 11.6. The number of H-pyrrole nitrogens is 1. The van der Waals surface area contributed by atoms with E-state index in [1.165, 1.54) is 11.8 Å². The quantitative estimate of drug-likeness (QED) is 0.312. The summed E-state index contributed by atoms with van der Waals surface area (Å²) in [5.41, 5.74) is 3.67. The Hall–Kier alpha value is -4.44. The number of carbonyl (C=O) groups is 1. The van der Waals surface area contributed by atoms with Crippen molar-refractivity contribution < 1.29 is 9.53 Å². The molecule has 1 fully saturated rings. The molecule has 10 heteroatoms. The molecule has 34 heavy (non-hydrogen) atoms. The van der Waals surface area contributed by atoms with Gasteiger partial charge in [-0.2, -0.15) is 9.97 Å². The van der Waals surface area contributed by atoms with Crippen molar-refractivity contribution in [2.45, 2.75) is 0 Å². The largest absolute Gasteiger partial charge is 0.437 e. The van der Waals surface area contributed by atoms with Crippen LogP contribution in [0.4, 0.5) is 23.0 Å². The number of carbonyl (C=O) groups excluding carboxylic acids is 1. The van der Waals surface area contributed by atoms with E-state index in [2.05, 4.69) is 59.5 Å². The predicted octanol–water partition coefficient (Wildman–Crippen LogP) is 3.42.